The summed E-state index contributed by atoms with van der Waals surface area (Å²) < 4.78 is 5.26. The quantitative estimate of drug-likeness (QED) is 0.723. The minimum Gasteiger partial charge on any atom is -0.497 e. The lowest BCUT2D eigenvalue weighted by Crippen LogP contribution is -2.35. The third-order valence-electron chi connectivity index (χ3n) is 4.61. The van der Waals surface area contributed by atoms with E-state index in [-0.39, 0.29) is 5.91 Å². The van der Waals surface area contributed by atoms with Crippen LogP contribution in [0, 0.1) is 0 Å². The Hall–Kier alpha value is -3.22. The lowest BCUT2D eigenvalue weighted by Gasteiger charge is -2.21. The lowest BCUT2D eigenvalue weighted by molar-refractivity contribution is -0.121. The third kappa shape index (κ3) is 2.81. The Morgan fingerprint density at radius 3 is 2.77 bits per heavy atom. The van der Waals surface area contributed by atoms with Gasteiger partial charge in [0.25, 0.3) is 5.91 Å². The molecular formula is C19H19N5O2. The number of carbonyl (C=O) groups is 1. The summed E-state index contributed by atoms with van der Waals surface area (Å²) in [6.07, 6.45) is 0.811. The Bertz CT molecular complexity index is 938. The van der Waals surface area contributed by atoms with Crippen LogP contribution in [0.4, 0.5) is 5.69 Å². The molecule has 0 saturated carbocycles. The first-order valence-electron chi connectivity index (χ1n) is 8.50. The third-order valence-corrected chi connectivity index (χ3v) is 4.61. The molecule has 2 heterocycles. The van der Waals surface area contributed by atoms with E-state index in [1.165, 1.54) is 4.80 Å². The second kappa shape index (κ2) is 6.59. The van der Waals surface area contributed by atoms with Crippen LogP contribution in [0.25, 0.3) is 11.4 Å². The smallest absolute Gasteiger partial charge is 0.253 e. The highest BCUT2D eigenvalue weighted by Crippen LogP contribution is 2.32. The van der Waals surface area contributed by atoms with Gasteiger partial charge in [-0.15, -0.1) is 10.2 Å². The summed E-state index contributed by atoms with van der Waals surface area (Å²) in [6, 6.07) is 14.8. The normalized spacial score (nSPS) is 14.2. The van der Waals surface area contributed by atoms with Gasteiger partial charge in [-0.1, -0.05) is 30.3 Å². The molecule has 4 rings (SSSR count). The summed E-state index contributed by atoms with van der Waals surface area (Å²) in [5.74, 6) is 1.26. The van der Waals surface area contributed by atoms with Crippen LogP contribution in [0.15, 0.2) is 48.5 Å². The average Bonchev–Trinajstić information content (AvgIpc) is 3.34. The number of benzene rings is 2. The largest absolute Gasteiger partial charge is 0.497 e. The van der Waals surface area contributed by atoms with E-state index in [2.05, 4.69) is 15.4 Å². The number of amides is 1. The van der Waals surface area contributed by atoms with Gasteiger partial charge in [-0.3, -0.25) is 4.79 Å². The molecule has 1 atom stereocenters. The Kier molecular flexibility index (Phi) is 4.12. The standard InChI is InChI=1S/C19H19N5O2/c1-13(24-21-18(20-22-24)14-6-4-3-5-7-14)19(25)23-11-10-15-12-16(26-2)8-9-17(15)23/h3-9,12-13H,10-11H2,1-2H3. The van der Waals surface area contributed by atoms with Gasteiger partial charge in [-0.2, -0.15) is 4.80 Å². The molecule has 7 nitrogen and oxygen atoms in total. The van der Waals surface area contributed by atoms with Crippen molar-refractivity contribution in [1.29, 1.82) is 0 Å². The Morgan fingerprint density at radius 1 is 1.19 bits per heavy atom. The second-order valence-corrected chi connectivity index (χ2v) is 6.21. The highest BCUT2D eigenvalue weighted by atomic mass is 16.5. The van der Waals surface area contributed by atoms with Gasteiger partial charge >= 0.3 is 0 Å². The number of methoxy groups -OCH3 is 1. The zero-order valence-electron chi connectivity index (χ0n) is 14.7. The van der Waals surface area contributed by atoms with Gasteiger partial charge in [0.15, 0.2) is 0 Å². The van der Waals surface area contributed by atoms with Crippen LogP contribution in [0.1, 0.15) is 18.5 Å². The number of carbonyl (C=O) groups excluding carboxylic acids is 1. The van der Waals surface area contributed by atoms with E-state index < -0.39 is 6.04 Å². The number of hydrogen-bond donors (Lipinski definition) is 0. The van der Waals surface area contributed by atoms with Crippen LogP contribution in [0.5, 0.6) is 5.75 Å². The SMILES string of the molecule is COc1ccc2c(c1)CCN2C(=O)C(C)n1nnc(-c2ccccc2)n1. The van der Waals surface area contributed by atoms with Crippen molar-refractivity contribution in [2.75, 3.05) is 18.6 Å². The van der Waals surface area contributed by atoms with Crippen molar-refractivity contribution in [3.8, 4) is 17.1 Å². The van der Waals surface area contributed by atoms with E-state index in [1.54, 1.807) is 18.9 Å². The fourth-order valence-corrected chi connectivity index (χ4v) is 3.15. The minimum atomic E-state index is -0.534. The lowest BCUT2D eigenvalue weighted by atomic mass is 10.1. The first-order chi connectivity index (χ1) is 12.7. The Labute approximate surface area is 151 Å². The zero-order chi connectivity index (χ0) is 18.1. The van der Waals surface area contributed by atoms with Gasteiger partial charge < -0.3 is 9.64 Å². The summed E-state index contributed by atoms with van der Waals surface area (Å²) in [7, 11) is 1.64. The van der Waals surface area contributed by atoms with Crippen molar-refractivity contribution in [2.45, 2.75) is 19.4 Å². The van der Waals surface area contributed by atoms with Crippen LogP contribution in [0.2, 0.25) is 0 Å². The predicted octanol–water partition coefficient (Wildman–Crippen LogP) is 2.50. The number of fused-ring (bicyclic) bond motifs is 1. The number of hydrogen-bond acceptors (Lipinski definition) is 5. The molecule has 3 aromatic rings. The maximum atomic E-state index is 13.0. The van der Waals surface area contributed by atoms with Crippen LogP contribution in [0.3, 0.4) is 0 Å². The molecule has 1 unspecified atom stereocenters. The number of aromatic nitrogens is 4. The van der Waals surface area contributed by atoms with Gasteiger partial charge in [0.2, 0.25) is 5.82 Å². The van der Waals surface area contributed by atoms with Crippen molar-refractivity contribution in [1.82, 2.24) is 20.2 Å². The summed E-state index contributed by atoms with van der Waals surface area (Å²) in [5.41, 5.74) is 2.91. The van der Waals surface area contributed by atoms with Crippen molar-refractivity contribution in [3.05, 3.63) is 54.1 Å². The number of ether oxygens (including phenoxy) is 1. The molecule has 0 fully saturated rings. The van der Waals surface area contributed by atoms with E-state index in [0.29, 0.717) is 12.4 Å². The molecule has 1 aromatic heterocycles. The van der Waals surface area contributed by atoms with Gasteiger partial charge in [-0.25, -0.2) is 0 Å². The fourth-order valence-electron chi connectivity index (χ4n) is 3.15. The molecule has 0 saturated heterocycles. The summed E-state index contributed by atoms with van der Waals surface area (Å²) in [4.78, 5) is 16.1. The van der Waals surface area contributed by atoms with Crippen molar-refractivity contribution in [2.24, 2.45) is 0 Å². The molecule has 0 bridgehead atoms. The molecule has 2 aromatic carbocycles. The molecule has 0 aliphatic carbocycles. The van der Waals surface area contributed by atoms with Gasteiger partial charge in [0.1, 0.15) is 11.8 Å². The average molecular weight is 349 g/mol. The van der Waals surface area contributed by atoms with Gasteiger partial charge in [0.05, 0.1) is 7.11 Å². The molecule has 0 radical (unpaired) electrons. The second-order valence-electron chi connectivity index (χ2n) is 6.21. The molecule has 0 N–H and O–H groups in total. The van der Waals surface area contributed by atoms with E-state index >= 15 is 0 Å². The molecule has 132 valence electrons. The van der Waals surface area contributed by atoms with Crippen molar-refractivity contribution >= 4 is 11.6 Å². The summed E-state index contributed by atoms with van der Waals surface area (Å²) in [5, 5.41) is 12.5. The van der Waals surface area contributed by atoms with E-state index in [4.69, 9.17) is 4.74 Å². The minimum absolute atomic E-state index is 0.0501. The highest BCUT2D eigenvalue weighted by molar-refractivity contribution is 5.97. The summed E-state index contributed by atoms with van der Waals surface area (Å²) >= 11 is 0. The number of rotatable bonds is 4. The van der Waals surface area contributed by atoms with Crippen LogP contribution in [-0.4, -0.2) is 39.8 Å². The molecule has 0 spiro atoms. The van der Waals surface area contributed by atoms with Crippen molar-refractivity contribution in [3.63, 3.8) is 0 Å². The zero-order valence-corrected chi connectivity index (χ0v) is 14.7. The maximum Gasteiger partial charge on any atom is 0.253 e. The molecule has 1 aliphatic heterocycles. The van der Waals surface area contributed by atoms with E-state index in [1.807, 2.05) is 48.5 Å². The molecule has 1 amide bonds. The van der Waals surface area contributed by atoms with Crippen LogP contribution in [-0.2, 0) is 11.2 Å². The number of nitrogens with zero attached hydrogens (tertiary/aromatic N) is 5. The molecule has 1 aliphatic rings. The maximum absolute atomic E-state index is 13.0. The van der Waals surface area contributed by atoms with E-state index in [9.17, 15) is 4.79 Å². The van der Waals surface area contributed by atoms with Crippen LogP contribution < -0.4 is 9.64 Å². The van der Waals surface area contributed by atoms with Crippen LogP contribution >= 0.6 is 0 Å². The predicted molar refractivity (Wildman–Crippen MR) is 97.0 cm³/mol. The number of anilines is 1. The highest BCUT2D eigenvalue weighted by Gasteiger charge is 2.30. The topological polar surface area (TPSA) is 73.1 Å². The first kappa shape index (κ1) is 16.3. The monoisotopic (exact) mass is 349 g/mol. The number of tetrazole rings is 1. The summed E-state index contributed by atoms with van der Waals surface area (Å²) in [6.45, 7) is 2.44. The van der Waals surface area contributed by atoms with E-state index in [0.717, 1.165) is 29.0 Å². The molecular weight excluding hydrogens is 330 g/mol. The van der Waals surface area contributed by atoms with Crippen molar-refractivity contribution < 1.29 is 9.53 Å². The van der Waals surface area contributed by atoms with Gasteiger partial charge in [-0.05, 0) is 42.3 Å². The van der Waals surface area contributed by atoms with Gasteiger partial charge in [0, 0.05) is 17.8 Å². The molecule has 26 heavy (non-hydrogen) atoms. The molecule has 7 heteroatoms. The first-order valence-corrected chi connectivity index (χ1v) is 8.50. The Balaban J connectivity index is 1.56. The Morgan fingerprint density at radius 2 is 2.00 bits per heavy atom. The fraction of sp³-hybridized carbons (Fsp3) is 0.263.